The highest BCUT2D eigenvalue weighted by Crippen LogP contribution is 2.17. The van der Waals surface area contributed by atoms with Crippen LogP contribution in [0.25, 0.3) is 0 Å². The molecule has 0 saturated carbocycles. The van der Waals surface area contributed by atoms with E-state index in [1.807, 2.05) is 47.4 Å². The molecule has 0 atom stereocenters. The summed E-state index contributed by atoms with van der Waals surface area (Å²) in [7, 11) is 0. The molecule has 1 aliphatic rings. The topological polar surface area (TPSA) is 29.5 Å². The fourth-order valence-corrected chi connectivity index (χ4v) is 3.08. The van der Waals surface area contributed by atoms with E-state index in [0.29, 0.717) is 6.61 Å². The van der Waals surface area contributed by atoms with Crippen molar-refractivity contribution in [1.29, 1.82) is 0 Å². The van der Waals surface area contributed by atoms with Crippen molar-refractivity contribution in [2.45, 2.75) is 32.1 Å². The van der Waals surface area contributed by atoms with E-state index >= 15 is 0 Å². The van der Waals surface area contributed by atoms with Crippen LogP contribution in [0.1, 0.15) is 41.6 Å². The SMILES string of the molecule is O=C(c1ccc(OCCc2ccccc2)cc1)N1CCCCCC1. The maximum Gasteiger partial charge on any atom is 0.253 e. The van der Waals surface area contributed by atoms with E-state index in [4.69, 9.17) is 4.74 Å². The predicted molar refractivity (Wildman–Crippen MR) is 96.5 cm³/mol. The smallest absolute Gasteiger partial charge is 0.253 e. The monoisotopic (exact) mass is 323 g/mol. The fourth-order valence-electron chi connectivity index (χ4n) is 3.08. The summed E-state index contributed by atoms with van der Waals surface area (Å²) in [5, 5.41) is 0. The van der Waals surface area contributed by atoms with Crippen LogP contribution >= 0.6 is 0 Å². The van der Waals surface area contributed by atoms with Crippen LogP contribution in [0.4, 0.5) is 0 Å². The molecule has 0 spiro atoms. The number of ether oxygens (including phenoxy) is 1. The van der Waals surface area contributed by atoms with E-state index in [1.54, 1.807) is 0 Å². The summed E-state index contributed by atoms with van der Waals surface area (Å²) < 4.78 is 5.79. The van der Waals surface area contributed by atoms with E-state index in [1.165, 1.54) is 18.4 Å². The Labute approximate surface area is 144 Å². The molecule has 2 aromatic rings. The van der Waals surface area contributed by atoms with Crippen molar-refractivity contribution in [2.75, 3.05) is 19.7 Å². The maximum atomic E-state index is 12.5. The van der Waals surface area contributed by atoms with Crippen molar-refractivity contribution < 1.29 is 9.53 Å². The molecule has 1 saturated heterocycles. The van der Waals surface area contributed by atoms with E-state index in [9.17, 15) is 4.79 Å². The summed E-state index contributed by atoms with van der Waals surface area (Å²) in [6, 6.07) is 17.9. The number of amides is 1. The van der Waals surface area contributed by atoms with Crippen LogP contribution in [-0.4, -0.2) is 30.5 Å². The first-order valence-corrected chi connectivity index (χ1v) is 8.89. The van der Waals surface area contributed by atoms with Gasteiger partial charge in [-0.15, -0.1) is 0 Å². The van der Waals surface area contributed by atoms with Gasteiger partial charge in [0.25, 0.3) is 5.91 Å². The first kappa shape index (κ1) is 16.6. The number of benzene rings is 2. The van der Waals surface area contributed by atoms with Gasteiger partial charge < -0.3 is 9.64 Å². The Balaban J connectivity index is 1.52. The largest absolute Gasteiger partial charge is 0.493 e. The molecule has 0 aliphatic carbocycles. The molecule has 3 rings (SSSR count). The zero-order valence-corrected chi connectivity index (χ0v) is 14.1. The third kappa shape index (κ3) is 4.60. The van der Waals surface area contributed by atoms with Crippen molar-refractivity contribution in [3.05, 3.63) is 65.7 Å². The minimum Gasteiger partial charge on any atom is -0.493 e. The molecule has 0 radical (unpaired) electrons. The summed E-state index contributed by atoms with van der Waals surface area (Å²) in [6.45, 7) is 2.41. The van der Waals surface area contributed by atoms with Crippen LogP contribution in [0.3, 0.4) is 0 Å². The first-order valence-electron chi connectivity index (χ1n) is 8.89. The quantitative estimate of drug-likeness (QED) is 0.820. The minimum absolute atomic E-state index is 0.146. The number of carbonyl (C=O) groups excluding carboxylic acids is 1. The molecule has 3 heteroatoms. The average molecular weight is 323 g/mol. The van der Waals surface area contributed by atoms with Crippen LogP contribution < -0.4 is 4.74 Å². The Morgan fingerprint density at radius 2 is 1.54 bits per heavy atom. The second-order valence-corrected chi connectivity index (χ2v) is 6.31. The summed E-state index contributed by atoms with van der Waals surface area (Å²) in [6.07, 6.45) is 5.59. The molecule has 1 amide bonds. The third-order valence-corrected chi connectivity index (χ3v) is 4.50. The number of hydrogen-bond acceptors (Lipinski definition) is 2. The van der Waals surface area contributed by atoms with Gasteiger partial charge in [0, 0.05) is 25.1 Å². The molecule has 24 heavy (non-hydrogen) atoms. The average Bonchev–Trinajstić information content (AvgIpc) is 2.92. The normalized spacial score (nSPS) is 14.9. The Bertz CT molecular complexity index is 629. The van der Waals surface area contributed by atoms with Crippen LogP contribution in [0, 0.1) is 0 Å². The van der Waals surface area contributed by atoms with Crippen molar-refractivity contribution in [1.82, 2.24) is 4.90 Å². The van der Waals surface area contributed by atoms with Gasteiger partial charge in [0.05, 0.1) is 6.61 Å². The Hall–Kier alpha value is -2.29. The van der Waals surface area contributed by atoms with Gasteiger partial charge in [-0.1, -0.05) is 43.2 Å². The summed E-state index contributed by atoms with van der Waals surface area (Å²) in [5.41, 5.74) is 2.03. The molecule has 1 fully saturated rings. The van der Waals surface area contributed by atoms with Gasteiger partial charge in [0.15, 0.2) is 0 Å². The zero-order valence-electron chi connectivity index (χ0n) is 14.1. The van der Waals surface area contributed by atoms with Crippen LogP contribution in [0.15, 0.2) is 54.6 Å². The van der Waals surface area contributed by atoms with Crippen LogP contribution in [0.5, 0.6) is 5.75 Å². The first-order chi connectivity index (χ1) is 11.8. The van der Waals surface area contributed by atoms with Crippen LogP contribution in [-0.2, 0) is 6.42 Å². The molecule has 0 unspecified atom stereocenters. The molecule has 3 nitrogen and oxygen atoms in total. The van der Waals surface area contributed by atoms with E-state index in [0.717, 1.165) is 43.7 Å². The van der Waals surface area contributed by atoms with Gasteiger partial charge in [0.1, 0.15) is 5.75 Å². The highest BCUT2D eigenvalue weighted by atomic mass is 16.5. The lowest BCUT2D eigenvalue weighted by Crippen LogP contribution is -2.31. The van der Waals surface area contributed by atoms with Gasteiger partial charge in [-0.05, 0) is 42.7 Å². The molecule has 1 heterocycles. The summed E-state index contributed by atoms with van der Waals surface area (Å²) >= 11 is 0. The lowest BCUT2D eigenvalue weighted by atomic mass is 10.1. The van der Waals surface area contributed by atoms with E-state index in [2.05, 4.69) is 12.1 Å². The van der Waals surface area contributed by atoms with Crippen LogP contribution in [0.2, 0.25) is 0 Å². The van der Waals surface area contributed by atoms with Gasteiger partial charge >= 0.3 is 0 Å². The fraction of sp³-hybridized carbons (Fsp3) is 0.381. The molecule has 0 bridgehead atoms. The Morgan fingerprint density at radius 3 is 2.21 bits per heavy atom. The number of hydrogen-bond donors (Lipinski definition) is 0. The molecular weight excluding hydrogens is 298 g/mol. The standard InChI is InChI=1S/C21H25NO2/c23-21(22-15-6-1-2-7-16-22)19-10-12-20(13-11-19)24-17-14-18-8-4-3-5-9-18/h3-5,8-13H,1-2,6-7,14-17H2. The molecule has 2 aromatic carbocycles. The number of nitrogens with zero attached hydrogens (tertiary/aromatic N) is 1. The number of carbonyl (C=O) groups is 1. The predicted octanol–water partition coefficient (Wildman–Crippen LogP) is 4.32. The van der Waals surface area contributed by atoms with Gasteiger partial charge in [-0.2, -0.15) is 0 Å². The number of likely N-dealkylation sites (tertiary alicyclic amines) is 1. The molecule has 0 aromatic heterocycles. The minimum atomic E-state index is 0.146. The molecule has 126 valence electrons. The highest BCUT2D eigenvalue weighted by molar-refractivity contribution is 5.94. The number of rotatable bonds is 5. The van der Waals surface area contributed by atoms with Crippen molar-refractivity contribution >= 4 is 5.91 Å². The van der Waals surface area contributed by atoms with Crippen molar-refractivity contribution in [2.24, 2.45) is 0 Å². The second-order valence-electron chi connectivity index (χ2n) is 6.31. The molecule has 0 N–H and O–H groups in total. The molecule has 1 aliphatic heterocycles. The third-order valence-electron chi connectivity index (χ3n) is 4.50. The van der Waals surface area contributed by atoms with Gasteiger partial charge in [-0.3, -0.25) is 4.79 Å². The summed E-state index contributed by atoms with van der Waals surface area (Å²) in [4.78, 5) is 14.5. The second kappa shape index (κ2) is 8.53. The van der Waals surface area contributed by atoms with E-state index < -0.39 is 0 Å². The lowest BCUT2D eigenvalue weighted by Gasteiger charge is -2.20. The Morgan fingerprint density at radius 1 is 0.875 bits per heavy atom. The summed E-state index contributed by atoms with van der Waals surface area (Å²) in [5.74, 6) is 0.964. The van der Waals surface area contributed by atoms with E-state index in [-0.39, 0.29) is 5.91 Å². The Kier molecular flexibility index (Phi) is 5.89. The van der Waals surface area contributed by atoms with Crippen molar-refractivity contribution in [3.8, 4) is 5.75 Å². The van der Waals surface area contributed by atoms with Gasteiger partial charge in [-0.25, -0.2) is 0 Å². The lowest BCUT2D eigenvalue weighted by molar-refractivity contribution is 0.0761. The maximum absolute atomic E-state index is 12.5. The van der Waals surface area contributed by atoms with Crippen molar-refractivity contribution in [3.63, 3.8) is 0 Å². The zero-order chi connectivity index (χ0) is 16.6. The van der Waals surface area contributed by atoms with Gasteiger partial charge in [0.2, 0.25) is 0 Å². The molecular formula is C21H25NO2. The highest BCUT2D eigenvalue weighted by Gasteiger charge is 2.17.